The number of anilines is 3. The maximum absolute atomic E-state index is 12.6. The highest BCUT2D eigenvalue weighted by molar-refractivity contribution is 7.13. The number of piperazine rings is 1. The molecule has 13 nitrogen and oxygen atoms in total. The number of nitrogens with two attached hydrogens (primary N) is 1. The fourth-order valence-electron chi connectivity index (χ4n) is 7.20. The van der Waals surface area contributed by atoms with E-state index in [4.69, 9.17) is 24.7 Å². The summed E-state index contributed by atoms with van der Waals surface area (Å²) in [5.74, 6) is 2.16. The van der Waals surface area contributed by atoms with Crippen molar-refractivity contribution in [2.75, 3.05) is 68.8 Å². The van der Waals surface area contributed by atoms with E-state index in [1.807, 2.05) is 63.5 Å². The Balaban J connectivity index is 1.04. The smallest absolute Gasteiger partial charge is 0.407 e. The molecule has 0 spiro atoms. The number of aromatic nitrogens is 3. The summed E-state index contributed by atoms with van der Waals surface area (Å²) in [4.78, 5) is 25.4. The van der Waals surface area contributed by atoms with Gasteiger partial charge in [0.2, 0.25) is 0 Å². The molecule has 1 unspecified atom stereocenters. The Labute approximate surface area is 358 Å². The highest BCUT2D eigenvalue weighted by atomic mass is 32.1. The molecular formula is C46H60N8O5S. The number of nitrogen functional groups attached to an aromatic ring is 1. The van der Waals surface area contributed by atoms with Crippen molar-refractivity contribution < 1.29 is 23.7 Å². The summed E-state index contributed by atoms with van der Waals surface area (Å²) >= 11 is 1.64. The number of hydrogen-bond acceptors (Lipinski definition) is 13. The molecule has 14 heteroatoms. The van der Waals surface area contributed by atoms with Gasteiger partial charge in [0, 0.05) is 76.1 Å². The number of aryl methyl sites for hydroxylation is 1. The third-order valence-electron chi connectivity index (χ3n) is 10.2. The van der Waals surface area contributed by atoms with Crippen LogP contribution >= 0.6 is 11.3 Å². The summed E-state index contributed by atoms with van der Waals surface area (Å²) in [6.45, 7) is 20.3. The van der Waals surface area contributed by atoms with Crippen LogP contribution in [0.2, 0.25) is 0 Å². The lowest BCUT2D eigenvalue weighted by molar-refractivity contribution is 0.0513. The molecule has 3 aromatic carbocycles. The van der Waals surface area contributed by atoms with E-state index < -0.39 is 11.7 Å². The predicted octanol–water partition coefficient (Wildman–Crippen LogP) is 8.42. The molecule has 1 aliphatic heterocycles. The van der Waals surface area contributed by atoms with E-state index >= 15 is 0 Å². The maximum Gasteiger partial charge on any atom is 0.407 e. The molecule has 0 saturated carbocycles. The highest BCUT2D eigenvalue weighted by Crippen LogP contribution is 2.35. The van der Waals surface area contributed by atoms with Gasteiger partial charge in [0.25, 0.3) is 0 Å². The molecule has 1 atom stereocenters. The van der Waals surface area contributed by atoms with Gasteiger partial charge in [0.05, 0.1) is 34.1 Å². The lowest BCUT2D eigenvalue weighted by Gasteiger charge is -2.36. The normalized spacial score (nSPS) is 13.9. The minimum atomic E-state index is -0.576. The number of nitrogens with one attached hydrogen (secondary N) is 1. The van der Waals surface area contributed by atoms with Gasteiger partial charge in [-0.2, -0.15) is 0 Å². The molecule has 320 valence electrons. The van der Waals surface area contributed by atoms with E-state index in [-0.39, 0.29) is 18.8 Å². The van der Waals surface area contributed by atoms with Gasteiger partial charge < -0.3 is 39.8 Å². The summed E-state index contributed by atoms with van der Waals surface area (Å²) in [6.07, 6.45) is -0.436. The van der Waals surface area contributed by atoms with Gasteiger partial charge in [0.15, 0.2) is 12.6 Å². The van der Waals surface area contributed by atoms with Crippen LogP contribution in [0.5, 0.6) is 11.5 Å². The summed E-state index contributed by atoms with van der Waals surface area (Å²) in [6, 6.07) is 24.8. The molecule has 6 rings (SSSR count). The molecule has 1 fully saturated rings. The van der Waals surface area contributed by atoms with E-state index in [2.05, 4.69) is 98.4 Å². The van der Waals surface area contributed by atoms with Crippen LogP contribution in [0, 0.1) is 12.8 Å². The molecule has 1 amide bonds. The number of methoxy groups -OCH3 is 1. The number of ether oxygens (including phenoxy) is 4. The lowest BCUT2D eigenvalue weighted by Crippen LogP contribution is -2.46. The first-order valence-electron chi connectivity index (χ1n) is 20.6. The molecule has 0 bridgehead atoms. The van der Waals surface area contributed by atoms with Crippen molar-refractivity contribution in [3.05, 3.63) is 95.1 Å². The third kappa shape index (κ3) is 11.9. The number of thiazole rings is 1. The molecular weight excluding hydrogens is 777 g/mol. The Bertz CT molecular complexity index is 2160. The SMILES string of the molecule is COCOc1ccccc1-c1cc(N2CCN(Cc3ccc(OCC(C)CN(c4cc(-c5scnc5C)ccc4CNC(=O)OC(C)(C)C)C(C)C)cc3)CC2)c(N)nn1. The van der Waals surface area contributed by atoms with E-state index in [9.17, 15) is 4.79 Å². The second kappa shape index (κ2) is 20.2. The number of benzene rings is 3. The number of amides is 1. The van der Waals surface area contributed by atoms with Gasteiger partial charge in [-0.3, -0.25) is 4.90 Å². The zero-order valence-corrected chi connectivity index (χ0v) is 37.1. The average Bonchev–Trinajstić information content (AvgIpc) is 3.66. The van der Waals surface area contributed by atoms with Crippen LogP contribution in [0.1, 0.15) is 58.4 Å². The molecule has 0 radical (unpaired) electrons. The average molecular weight is 837 g/mol. The van der Waals surface area contributed by atoms with Crippen LogP contribution in [0.3, 0.4) is 0 Å². The molecule has 3 N–H and O–H groups in total. The number of hydrogen-bond donors (Lipinski definition) is 2. The standard InChI is InChI=1S/C46H60N8O5S/c1-31(2)54(40-23-35(43-33(4)49-29-60-43)15-16-36(40)25-48-45(55)59-46(5,6)7)26-32(3)28-57-37-17-13-34(14-18-37)27-52-19-21-53(22-20-52)41-24-39(50-51-44(41)47)38-11-9-10-12-42(38)58-30-56-8/h9-18,23-24,29,31-32H,19-22,25-28,30H2,1-8H3,(H2,47,51)(H,48,55). The van der Waals surface area contributed by atoms with Crippen LogP contribution < -0.4 is 30.3 Å². The van der Waals surface area contributed by atoms with Crippen LogP contribution in [0.25, 0.3) is 21.7 Å². The minimum absolute atomic E-state index is 0.146. The van der Waals surface area contributed by atoms with Gasteiger partial charge in [0.1, 0.15) is 17.1 Å². The van der Waals surface area contributed by atoms with E-state index in [0.717, 1.165) is 83.7 Å². The summed E-state index contributed by atoms with van der Waals surface area (Å²) in [7, 11) is 1.60. The summed E-state index contributed by atoms with van der Waals surface area (Å²) in [5, 5.41) is 11.6. The van der Waals surface area contributed by atoms with E-state index in [0.29, 0.717) is 30.4 Å². The molecule has 1 aliphatic rings. The summed E-state index contributed by atoms with van der Waals surface area (Å²) < 4.78 is 22.8. The Hall–Kier alpha value is -5.44. The number of carbonyl (C=O) groups excluding carboxylic acids is 1. The minimum Gasteiger partial charge on any atom is -0.493 e. The van der Waals surface area contributed by atoms with E-state index in [1.54, 1.807) is 18.4 Å². The van der Waals surface area contributed by atoms with Crippen molar-refractivity contribution in [3.63, 3.8) is 0 Å². The molecule has 1 saturated heterocycles. The Morgan fingerprint density at radius 1 is 0.967 bits per heavy atom. The quantitative estimate of drug-likeness (QED) is 0.0870. The number of nitrogens with zero attached hydrogens (tertiary/aromatic N) is 6. The molecule has 0 aliphatic carbocycles. The van der Waals surface area contributed by atoms with Gasteiger partial charge in [-0.25, -0.2) is 9.78 Å². The molecule has 3 heterocycles. The number of rotatable bonds is 17. The first kappa shape index (κ1) is 44.1. The van der Waals surface area contributed by atoms with Gasteiger partial charge >= 0.3 is 6.09 Å². The fourth-order valence-corrected chi connectivity index (χ4v) is 8.00. The maximum atomic E-state index is 12.6. The topological polar surface area (TPSA) is 140 Å². The second-order valence-corrected chi connectivity index (χ2v) is 17.4. The van der Waals surface area contributed by atoms with Crippen molar-refractivity contribution >= 4 is 34.6 Å². The van der Waals surface area contributed by atoms with Crippen molar-refractivity contribution in [1.82, 2.24) is 25.4 Å². The highest BCUT2D eigenvalue weighted by Gasteiger charge is 2.23. The second-order valence-electron chi connectivity index (χ2n) is 16.6. The first-order chi connectivity index (χ1) is 28.8. The summed E-state index contributed by atoms with van der Waals surface area (Å²) in [5.41, 5.74) is 15.5. The van der Waals surface area contributed by atoms with Gasteiger partial charge in [-0.1, -0.05) is 43.3 Å². The monoisotopic (exact) mass is 836 g/mol. The van der Waals surface area contributed by atoms with Crippen LogP contribution in [-0.2, 0) is 22.6 Å². The Morgan fingerprint density at radius 3 is 2.40 bits per heavy atom. The van der Waals surface area contributed by atoms with Crippen molar-refractivity contribution in [3.8, 4) is 33.2 Å². The molecule has 2 aromatic heterocycles. The number of carbonyl (C=O) groups is 1. The van der Waals surface area contributed by atoms with Crippen LogP contribution in [-0.4, -0.2) is 91.1 Å². The Kier molecular flexibility index (Phi) is 14.9. The van der Waals surface area contributed by atoms with Crippen LogP contribution in [0.4, 0.5) is 22.0 Å². The largest absolute Gasteiger partial charge is 0.493 e. The van der Waals surface area contributed by atoms with Crippen molar-refractivity contribution in [2.24, 2.45) is 5.92 Å². The Morgan fingerprint density at radius 2 is 1.72 bits per heavy atom. The van der Waals surface area contributed by atoms with E-state index in [1.165, 1.54) is 5.56 Å². The van der Waals surface area contributed by atoms with Crippen LogP contribution in [0.15, 0.2) is 78.3 Å². The third-order valence-corrected chi connectivity index (χ3v) is 11.2. The zero-order chi connectivity index (χ0) is 42.8. The molecule has 60 heavy (non-hydrogen) atoms. The zero-order valence-electron chi connectivity index (χ0n) is 36.2. The van der Waals surface area contributed by atoms with Crippen molar-refractivity contribution in [1.29, 1.82) is 0 Å². The number of alkyl carbamates (subject to hydrolysis) is 1. The first-order valence-corrected chi connectivity index (χ1v) is 21.5. The predicted molar refractivity (Wildman–Crippen MR) is 241 cm³/mol. The van der Waals surface area contributed by atoms with Gasteiger partial charge in [-0.15, -0.1) is 21.5 Å². The van der Waals surface area contributed by atoms with Gasteiger partial charge in [-0.05, 0) is 94.6 Å². The number of para-hydroxylation sites is 1. The van der Waals surface area contributed by atoms with Crippen molar-refractivity contribution in [2.45, 2.75) is 73.2 Å². The lowest BCUT2D eigenvalue weighted by atomic mass is 10.0. The molecule has 5 aromatic rings. The fraction of sp³-hybridized carbons (Fsp3) is 0.435.